The Balaban J connectivity index is 0.889. The maximum Gasteiger partial charge on any atom is 0.417 e. The Morgan fingerprint density at radius 2 is 0.643 bits per heavy atom. The fourth-order valence-corrected chi connectivity index (χ4v) is 14.7. The first-order valence-corrected chi connectivity index (χ1v) is 32.8. The first-order chi connectivity index (χ1) is 48.2. The number of rotatable bonds is 11. The molecule has 6 nitrogen and oxygen atoms in total. The Bertz CT molecular complexity index is 5460. The minimum Gasteiger partial charge on any atom is -0.311 e. The van der Waals surface area contributed by atoms with Crippen LogP contribution in [-0.4, -0.2) is 26.2 Å². The van der Waals surface area contributed by atoms with E-state index in [1.165, 1.54) is 17.0 Å². The summed E-state index contributed by atoms with van der Waals surface area (Å²) in [6, 6.07) is 116. The minimum atomic E-state index is -4.79. The van der Waals surface area contributed by atoms with E-state index in [-0.39, 0.29) is 35.4 Å². The maximum absolute atomic E-state index is 16.0. The number of anilines is 6. The molecule has 0 bridgehead atoms. The number of hydrogen-bond donors (Lipinski definition) is 0. The van der Waals surface area contributed by atoms with E-state index in [4.69, 9.17) is 15.0 Å². The van der Waals surface area contributed by atoms with Crippen LogP contribution >= 0.6 is 0 Å². The minimum absolute atomic E-state index is 0.0984. The van der Waals surface area contributed by atoms with Gasteiger partial charge in [0.2, 0.25) is 0 Å². The number of aromatic nitrogens is 4. The van der Waals surface area contributed by atoms with Crippen molar-refractivity contribution in [1.82, 2.24) is 19.5 Å². The molecule has 4 heterocycles. The van der Waals surface area contributed by atoms with Crippen LogP contribution in [0.25, 0.3) is 117 Å². The maximum atomic E-state index is 16.0. The van der Waals surface area contributed by atoms with Crippen molar-refractivity contribution in [3.8, 4) is 95.5 Å². The second kappa shape index (κ2) is 23.7. The van der Waals surface area contributed by atoms with Gasteiger partial charge in [0.05, 0.1) is 27.8 Å². The molecule has 0 saturated carbocycles. The first-order valence-electron chi connectivity index (χ1n) is 32.8. The molecular weight excluding hydrogens is 1210 g/mol. The zero-order valence-electron chi connectivity index (χ0n) is 52.7. The van der Waals surface area contributed by atoms with Crippen molar-refractivity contribution in [1.29, 1.82) is 0 Å². The van der Waals surface area contributed by atoms with Crippen LogP contribution in [0.5, 0.6) is 0 Å². The van der Waals surface area contributed by atoms with E-state index >= 15 is 13.2 Å². The van der Waals surface area contributed by atoms with Crippen LogP contribution in [0.2, 0.25) is 0 Å². The lowest BCUT2D eigenvalue weighted by molar-refractivity contribution is -0.137. The molecule has 0 atom stereocenters. The fourth-order valence-electron chi connectivity index (χ4n) is 14.7. The van der Waals surface area contributed by atoms with Gasteiger partial charge in [-0.15, -0.1) is 0 Å². The van der Waals surface area contributed by atoms with E-state index in [0.29, 0.717) is 16.6 Å². The zero-order chi connectivity index (χ0) is 65.4. The van der Waals surface area contributed by atoms with Gasteiger partial charge >= 0.3 is 6.18 Å². The number of halogens is 3. The summed E-state index contributed by atoms with van der Waals surface area (Å²) < 4.78 is 49.9. The highest BCUT2D eigenvalue weighted by Gasteiger charge is 2.44. The van der Waals surface area contributed by atoms with Crippen molar-refractivity contribution >= 4 is 79.0 Å². The molecule has 0 radical (unpaired) electrons. The third kappa shape index (κ3) is 10.0. The van der Waals surface area contributed by atoms with Gasteiger partial charge in [-0.25, -0.2) is 15.0 Å². The van der Waals surface area contributed by atoms with Gasteiger partial charge in [0.1, 0.15) is 0 Å². The Kier molecular flexibility index (Phi) is 14.0. The molecule has 0 fully saturated rings. The first kappa shape index (κ1) is 58.0. The van der Waals surface area contributed by atoms with Gasteiger partial charge < -0.3 is 14.4 Å². The predicted molar refractivity (Wildman–Crippen MR) is 397 cm³/mol. The van der Waals surface area contributed by atoms with Gasteiger partial charge in [-0.3, -0.25) is 0 Å². The topological polar surface area (TPSA) is 50.1 Å². The molecule has 0 amide bonds. The van der Waals surface area contributed by atoms with Crippen molar-refractivity contribution in [3.63, 3.8) is 0 Å². The molecule has 2 aliphatic rings. The van der Waals surface area contributed by atoms with Crippen LogP contribution in [0.3, 0.4) is 0 Å². The zero-order valence-corrected chi connectivity index (χ0v) is 52.7. The van der Waals surface area contributed by atoms with Crippen molar-refractivity contribution < 1.29 is 13.2 Å². The molecule has 0 aliphatic carbocycles. The second-order valence-corrected chi connectivity index (χ2v) is 25.0. The number of nitrogens with zero attached hydrogens (tertiary/aromatic N) is 6. The van der Waals surface area contributed by atoms with Crippen LogP contribution in [0, 0.1) is 0 Å². The van der Waals surface area contributed by atoms with Crippen LogP contribution in [0.15, 0.2) is 340 Å². The molecule has 0 spiro atoms. The van der Waals surface area contributed by atoms with Crippen LogP contribution in [-0.2, 0) is 6.18 Å². The number of fused-ring (bicyclic) bond motifs is 7. The highest BCUT2D eigenvalue weighted by atomic mass is 19.4. The molecule has 16 aromatic rings. The van der Waals surface area contributed by atoms with Gasteiger partial charge in [-0.1, -0.05) is 261 Å². The molecule has 0 N–H and O–H groups in total. The Morgan fingerprint density at radius 1 is 0.265 bits per heavy atom. The smallest absolute Gasteiger partial charge is 0.311 e. The third-order valence-corrected chi connectivity index (χ3v) is 19.3. The highest BCUT2D eigenvalue weighted by molar-refractivity contribution is 7.00. The number of para-hydroxylation sites is 1. The van der Waals surface area contributed by atoms with Crippen molar-refractivity contribution in [3.05, 3.63) is 345 Å². The van der Waals surface area contributed by atoms with E-state index in [0.717, 1.165) is 118 Å². The number of hydrogen-bond acceptors (Lipinski definition) is 5. The van der Waals surface area contributed by atoms with Crippen LogP contribution < -0.4 is 26.2 Å². The van der Waals surface area contributed by atoms with Gasteiger partial charge in [0.25, 0.3) is 6.71 Å². The predicted octanol–water partition coefficient (Wildman–Crippen LogP) is 21.4. The average Bonchev–Trinajstić information content (AvgIpc) is 1.43. The molecule has 0 unspecified atom stereocenters. The Hall–Kier alpha value is -12.7. The Morgan fingerprint density at radius 3 is 1.11 bits per heavy atom. The lowest BCUT2D eigenvalue weighted by Gasteiger charge is -2.44. The quantitative estimate of drug-likeness (QED) is 0.121. The van der Waals surface area contributed by atoms with E-state index < -0.39 is 11.7 Å². The number of benzene rings is 14. The van der Waals surface area contributed by atoms with Gasteiger partial charge in [0, 0.05) is 56.0 Å². The van der Waals surface area contributed by atoms with Crippen LogP contribution in [0.4, 0.5) is 47.3 Å². The largest absolute Gasteiger partial charge is 0.417 e. The average molecular weight is 1270 g/mol. The van der Waals surface area contributed by atoms with Crippen LogP contribution in [0.1, 0.15) is 5.56 Å². The van der Waals surface area contributed by atoms with Gasteiger partial charge in [0.15, 0.2) is 17.5 Å². The summed E-state index contributed by atoms with van der Waals surface area (Å²) in [6.07, 6.45) is -4.79. The molecule has 2 aromatic heterocycles. The summed E-state index contributed by atoms with van der Waals surface area (Å²) in [4.78, 5) is 19.6. The molecule has 18 rings (SSSR count). The molecule has 462 valence electrons. The third-order valence-electron chi connectivity index (χ3n) is 19.3. The molecular formula is C88H56BF3N6. The summed E-state index contributed by atoms with van der Waals surface area (Å²) in [5.41, 5.74) is 22.5. The van der Waals surface area contributed by atoms with E-state index in [2.05, 4.69) is 240 Å². The summed E-state index contributed by atoms with van der Waals surface area (Å²) in [5, 5.41) is 1.72. The lowest BCUT2D eigenvalue weighted by Crippen LogP contribution is -2.61. The van der Waals surface area contributed by atoms with E-state index in [1.54, 1.807) is 6.07 Å². The molecule has 14 aromatic carbocycles. The fraction of sp³-hybridized carbons (Fsp3) is 0.0114. The molecule has 10 heteroatoms. The summed E-state index contributed by atoms with van der Waals surface area (Å²) in [5.74, 6) is 0.413. The lowest BCUT2D eigenvalue weighted by atomic mass is 9.33. The number of alkyl halides is 3. The molecule has 2 aliphatic heterocycles. The SMILES string of the molecule is FC(F)(F)c1cccc(-n2c3ccccc3c3cc(-c4cc5c6c(c4)N(c4ccc(-c7ccccc7)cc4)c4ccc(-c7ccccc7)cc4B6c4cc(-c6ccccc6)ccc4N5c4ccc(-c5ccccc5)cc4)ccc32)c1-c1nc(-c2ccccc2)nc(-c2ccccc2)n1. The Labute approximate surface area is 565 Å². The highest BCUT2D eigenvalue weighted by Crippen LogP contribution is 2.49. The monoisotopic (exact) mass is 1260 g/mol. The van der Waals surface area contributed by atoms with Gasteiger partial charge in [-0.05, 0) is 151 Å². The van der Waals surface area contributed by atoms with Crippen molar-refractivity contribution in [2.45, 2.75) is 6.18 Å². The van der Waals surface area contributed by atoms with Gasteiger partial charge in [-0.2, -0.15) is 13.2 Å². The normalized spacial score (nSPS) is 12.4. The van der Waals surface area contributed by atoms with Crippen molar-refractivity contribution in [2.75, 3.05) is 9.80 Å². The van der Waals surface area contributed by atoms with E-state index in [9.17, 15) is 0 Å². The van der Waals surface area contributed by atoms with Crippen molar-refractivity contribution in [2.24, 2.45) is 0 Å². The second-order valence-electron chi connectivity index (χ2n) is 25.0. The molecule has 98 heavy (non-hydrogen) atoms. The summed E-state index contributed by atoms with van der Waals surface area (Å²) >= 11 is 0. The summed E-state index contributed by atoms with van der Waals surface area (Å²) in [6.45, 7) is -0.231. The summed E-state index contributed by atoms with van der Waals surface area (Å²) in [7, 11) is 0. The van der Waals surface area contributed by atoms with E-state index in [1.807, 2.05) is 95.6 Å². The molecule has 0 saturated heterocycles. The standard InChI is InChI=1S/C88H56BF3N6/c90-88(91,92)73-35-21-37-80(83(73)87-94-85(63-30-15-5-16-31-63)93-86(95-87)64-32-17-6-18-33-64)98-76-36-20-19-34-71(76)72-52-65(42-49-77(72)98)68-55-81-84-82(56-68)97(70-47-40-62(41-48-70)58-24-9-2-10-25-58)79-51-44-67(60-28-13-4-14-29-60)54-75(79)89(84)74-53-66(59-26-11-3-12-27-59)43-50-78(74)96(81)69-45-38-61(39-46-69)57-22-7-1-8-23-57/h1-56H.